The molecule has 1 atom stereocenters. The maximum Gasteiger partial charge on any atom is 0.141 e. The van der Waals surface area contributed by atoms with E-state index < -0.39 is 5.92 Å². The zero-order valence-electron chi connectivity index (χ0n) is 11.8. The molecule has 0 aliphatic heterocycles. The zero-order chi connectivity index (χ0) is 15.4. The van der Waals surface area contributed by atoms with Gasteiger partial charge in [-0.15, -0.1) is 11.3 Å². The zero-order valence-corrected chi connectivity index (χ0v) is 12.6. The van der Waals surface area contributed by atoms with Gasteiger partial charge in [0.05, 0.1) is 17.7 Å². The van der Waals surface area contributed by atoms with Gasteiger partial charge in [0, 0.05) is 21.9 Å². The molecular weight excluding hydrogens is 290 g/mol. The van der Waals surface area contributed by atoms with Gasteiger partial charge in [-0.3, -0.25) is 4.98 Å². The molecule has 1 aromatic carbocycles. The summed E-state index contributed by atoms with van der Waals surface area (Å²) in [6, 6.07) is 20.1. The molecule has 0 aliphatic carbocycles. The van der Waals surface area contributed by atoms with E-state index in [1.807, 2.05) is 53.9 Å². The molecule has 3 nitrogen and oxygen atoms in total. The molecule has 0 saturated carbocycles. The third kappa shape index (κ3) is 2.83. The largest absolute Gasteiger partial charge is 0.253 e. The van der Waals surface area contributed by atoms with Crippen LogP contribution in [0.4, 0.5) is 0 Å². The quantitative estimate of drug-likeness (QED) is 0.722. The van der Waals surface area contributed by atoms with Crippen molar-refractivity contribution in [3.05, 3.63) is 64.5 Å². The monoisotopic (exact) mass is 303 g/mol. The highest BCUT2D eigenvalue weighted by Gasteiger charge is 2.24. The molecule has 0 bridgehead atoms. The second-order valence-corrected chi connectivity index (χ2v) is 6.04. The van der Waals surface area contributed by atoms with Crippen molar-refractivity contribution in [3.63, 3.8) is 0 Å². The van der Waals surface area contributed by atoms with Crippen molar-refractivity contribution in [2.45, 2.75) is 12.3 Å². The van der Waals surface area contributed by atoms with Gasteiger partial charge in [0.2, 0.25) is 0 Å². The van der Waals surface area contributed by atoms with Crippen LogP contribution < -0.4 is 0 Å². The van der Waals surface area contributed by atoms with Crippen molar-refractivity contribution in [1.82, 2.24) is 4.98 Å². The van der Waals surface area contributed by atoms with Gasteiger partial charge in [-0.1, -0.05) is 30.3 Å². The Hall–Kier alpha value is -2.69. The summed E-state index contributed by atoms with van der Waals surface area (Å²) in [6.45, 7) is 0. The maximum atomic E-state index is 9.26. The van der Waals surface area contributed by atoms with Crippen LogP contribution in [0.3, 0.4) is 0 Å². The molecule has 106 valence electrons. The molecule has 3 rings (SSSR count). The minimum atomic E-state index is -0.660. The predicted molar refractivity (Wildman–Crippen MR) is 87.2 cm³/mol. The number of fused-ring (bicyclic) bond motifs is 1. The molecule has 0 radical (unpaired) electrons. The summed E-state index contributed by atoms with van der Waals surface area (Å²) in [5.74, 6) is -0.796. The van der Waals surface area contributed by atoms with Gasteiger partial charge < -0.3 is 0 Å². The van der Waals surface area contributed by atoms with E-state index in [0.29, 0.717) is 6.42 Å². The molecule has 22 heavy (non-hydrogen) atoms. The fraction of sp³-hybridized carbons (Fsp3) is 0.167. The lowest BCUT2D eigenvalue weighted by Crippen LogP contribution is -2.12. The topological polar surface area (TPSA) is 60.5 Å². The molecule has 0 aliphatic rings. The van der Waals surface area contributed by atoms with Crippen LogP contribution in [0.1, 0.15) is 16.5 Å². The summed E-state index contributed by atoms with van der Waals surface area (Å²) < 4.78 is 0. The first kappa shape index (κ1) is 14.3. The molecule has 0 N–H and O–H groups in total. The Morgan fingerprint density at radius 1 is 1.00 bits per heavy atom. The number of hydrogen-bond donors (Lipinski definition) is 0. The van der Waals surface area contributed by atoms with Crippen LogP contribution in [-0.2, 0) is 6.42 Å². The normalized spacial score (nSPS) is 12.0. The van der Waals surface area contributed by atoms with Crippen molar-refractivity contribution >= 4 is 22.2 Å². The molecule has 2 heterocycles. The van der Waals surface area contributed by atoms with Crippen molar-refractivity contribution in [1.29, 1.82) is 10.5 Å². The average Bonchev–Trinajstić information content (AvgIpc) is 3.09. The number of aromatic nitrogens is 1. The molecular formula is C18H13N3S. The standard InChI is InChI=1S/C18H13N3S/c19-11-14(12-20)16(18-6-3-9-22-18)10-15-8-7-13-4-1-2-5-17(13)21-15/h1-9,14,16H,10H2. The van der Waals surface area contributed by atoms with E-state index in [-0.39, 0.29) is 5.92 Å². The first-order valence-corrected chi connectivity index (χ1v) is 7.87. The number of para-hydroxylation sites is 1. The molecule has 1 unspecified atom stereocenters. The van der Waals surface area contributed by atoms with Gasteiger partial charge in [-0.05, 0) is 30.0 Å². The van der Waals surface area contributed by atoms with Crippen LogP contribution >= 0.6 is 11.3 Å². The number of rotatable bonds is 4. The fourth-order valence-electron chi connectivity index (χ4n) is 2.54. The van der Waals surface area contributed by atoms with Crippen LogP contribution in [0.2, 0.25) is 0 Å². The van der Waals surface area contributed by atoms with Crippen LogP contribution in [-0.4, -0.2) is 4.98 Å². The van der Waals surface area contributed by atoms with Crippen LogP contribution in [0.5, 0.6) is 0 Å². The number of nitrogens with zero attached hydrogens (tertiary/aromatic N) is 3. The third-order valence-corrected chi connectivity index (χ3v) is 4.68. The second kappa shape index (κ2) is 6.39. The minimum Gasteiger partial charge on any atom is -0.253 e. The predicted octanol–water partition coefficient (Wildman–Crippen LogP) is 4.29. The molecule has 0 saturated heterocycles. The van der Waals surface area contributed by atoms with Gasteiger partial charge >= 0.3 is 0 Å². The van der Waals surface area contributed by atoms with Gasteiger partial charge in [0.25, 0.3) is 0 Å². The molecule has 0 spiro atoms. The van der Waals surface area contributed by atoms with Crippen molar-refractivity contribution in [2.75, 3.05) is 0 Å². The first-order valence-electron chi connectivity index (χ1n) is 6.99. The highest BCUT2D eigenvalue weighted by atomic mass is 32.1. The Morgan fingerprint density at radius 2 is 1.82 bits per heavy atom. The summed E-state index contributed by atoms with van der Waals surface area (Å²) in [7, 11) is 0. The van der Waals surface area contributed by atoms with Crippen LogP contribution in [0.15, 0.2) is 53.9 Å². The summed E-state index contributed by atoms with van der Waals surface area (Å²) in [4.78, 5) is 5.72. The average molecular weight is 303 g/mol. The number of nitriles is 2. The molecule has 0 amide bonds. The third-order valence-electron chi connectivity index (χ3n) is 3.67. The van der Waals surface area contributed by atoms with E-state index >= 15 is 0 Å². The van der Waals surface area contributed by atoms with Crippen molar-refractivity contribution in [3.8, 4) is 12.1 Å². The van der Waals surface area contributed by atoms with Gasteiger partial charge in [0.1, 0.15) is 5.92 Å². The Morgan fingerprint density at radius 3 is 2.55 bits per heavy atom. The van der Waals surface area contributed by atoms with E-state index in [2.05, 4.69) is 17.1 Å². The molecule has 0 fully saturated rings. The lowest BCUT2D eigenvalue weighted by molar-refractivity contribution is 0.611. The van der Waals surface area contributed by atoms with E-state index in [1.54, 1.807) is 11.3 Å². The molecule has 4 heteroatoms. The Balaban J connectivity index is 1.95. The highest BCUT2D eigenvalue weighted by molar-refractivity contribution is 7.10. The van der Waals surface area contributed by atoms with E-state index in [4.69, 9.17) is 0 Å². The lowest BCUT2D eigenvalue weighted by atomic mass is 9.88. The highest BCUT2D eigenvalue weighted by Crippen LogP contribution is 2.31. The molecule has 3 aromatic rings. The Kier molecular flexibility index (Phi) is 4.14. The van der Waals surface area contributed by atoms with Crippen molar-refractivity contribution < 1.29 is 0 Å². The minimum absolute atomic E-state index is 0.135. The van der Waals surface area contributed by atoms with E-state index in [1.165, 1.54) is 0 Å². The summed E-state index contributed by atoms with van der Waals surface area (Å²) >= 11 is 1.58. The first-order chi connectivity index (χ1) is 10.8. The second-order valence-electron chi connectivity index (χ2n) is 5.06. The molecule has 2 aromatic heterocycles. The van der Waals surface area contributed by atoms with Gasteiger partial charge in [-0.25, -0.2) is 0 Å². The lowest BCUT2D eigenvalue weighted by Gasteiger charge is -2.15. The number of benzene rings is 1. The van der Waals surface area contributed by atoms with Gasteiger partial charge in [0.15, 0.2) is 0 Å². The Labute approximate surface area is 133 Å². The fourth-order valence-corrected chi connectivity index (χ4v) is 3.41. The smallest absolute Gasteiger partial charge is 0.141 e. The SMILES string of the molecule is N#CC(C#N)C(Cc1ccc2ccccc2n1)c1cccs1. The Bertz CT molecular complexity index is 842. The number of pyridine rings is 1. The van der Waals surface area contributed by atoms with Crippen molar-refractivity contribution in [2.24, 2.45) is 5.92 Å². The van der Waals surface area contributed by atoms with E-state index in [9.17, 15) is 10.5 Å². The number of thiophene rings is 1. The summed E-state index contributed by atoms with van der Waals surface area (Å²) in [6.07, 6.45) is 0.594. The summed E-state index contributed by atoms with van der Waals surface area (Å²) in [5, 5.41) is 21.6. The number of hydrogen-bond acceptors (Lipinski definition) is 4. The van der Waals surface area contributed by atoms with Gasteiger partial charge in [-0.2, -0.15) is 10.5 Å². The summed E-state index contributed by atoms with van der Waals surface area (Å²) in [5.41, 5.74) is 1.85. The maximum absolute atomic E-state index is 9.26. The van der Waals surface area contributed by atoms with E-state index in [0.717, 1.165) is 21.5 Å². The van der Waals surface area contributed by atoms with Crippen LogP contribution in [0.25, 0.3) is 10.9 Å². The van der Waals surface area contributed by atoms with Crippen LogP contribution in [0, 0.1) is 28.6 Å².